The van der Waals surface area contributed by atoms with Crippen molar-refractivity contribution in [2.75, 3.05) is 44.8 Å². The van der Waals surface area contributed by atoms with Crippen molar-refractivity contribution in [3.63, 3.8) is 0 Å². The van der Waals surface area contributed by atoms with E-state index >= 15 is 0 Å². The van der Waals surface area contributed by atoms with Gasteiger partial charge in [0.15, 0.2) is 5.82 Å². The van der Waals surface area contributed by atoms with Gasteiger partial charge in [0.05, 0.1) is 23.4 Å². The third-order valence-corrected chi connectivity index (χ3v) is 6.88. The van der Waals surface area contributed by atoms with Crippen LogP contribution in [0.5, 0.6) is 5.75 Å². The van der Waals surface area contributed by atoms with Crippen LogP contribution in [0.4, 0.5) is 11.5 Å². The fourth-order valence-electron chi connectivity index (χ4n) is 3.77. The molecule has 0 amide bonds. The Morgan fingerprint density at radius 3 is 2.59 bits per heavy atom. The zero-order valence-electron chi connectivity index (χ0n) is 19.8. The van der Waals surface area contributed by atoms with E-state index in [2.05, 4.69) is 54.3 Å². The fourth-order valence-corrected chi connectivity index (χ4v) is 4.72. The molecule has 0 spiro atoms. The lowest BCUT2D eigenvalue weighted by Crippen LogP contribution is -2.38. The van der Waals surface area contributed by atoms with E-state index in [9.17, 15) is 0 Å². The van der Waals surface area contributed by atoms with E-state index in [0.29, 0.717) is 12.4 Å². The van der Waals surface area contributed by atoms with E-state index in [0.717, 1.165) is 70.8 Å². The summed E-state index contributed by atoms with van der Waals surface area (Å²) in [6.07, 6.45) is 0. The SMILES string of the molecule is CC(C)(C)c1cc(Nc2ccc(-c3nc4cc(OCCN5CCOCC5)ccc4s3)cc2)no1. The molecular formula is C26H30N4O3S. The molecule has 1 fully saturated rings. The molecule has 1 saturated heterocycles. The molecule has 5 rings (SSSR count). The van der Waals surface area contributed by atoms with Crippen LogP contribution in [-0.2, 0) is 10.2 Å². The number of aromatic nitrogens is 2. The monoisotopic (exact) mass is 478 g/mol. The highest BCUT2D eigenvalue weighted by Gasteiger charge is 2.19. The van der Waals surface area contributed by atoms with Crippen LogP contribution in [0, 0.1) is 0 Å². The summed E-state index contributed by atoms with van der Waals surface area (Å²) in [5.74, 6) is 2.42. The number of nitrogens with one attached hydrogen (secondary N) is 1. The molecule has 0 atom stereocenters. The Balaban J connectivity index is 1.22. The van der Waals surface area contributed by atoms with E-state index < -0.39 is 0 Å². The minimum atomic E-state index is -0.0721. The Labute approximate surface area is 203 Å². The second-order valence-electron chi connectivity index (χ2n) is 9.48. The predicted octanol–water partition coefficient (Wildman–Crippen LogP) is 5.70. The molecule has 0 bridgehead atoms. The summed E-state index contributed by atoms with van der Waals surface area (Å²) in [7, 11) is 0. The van der Waals surface area contributed by atoms with Crippen LogP contribution >= 0.6 is 11.3 Å². The molecule has 34 heavy (non-hydrogen) atoms. The lowest BCUT2D eigenvalue weighted by atomic mass is 9.93. The number of nitrogens with zero attached hydrogens (tertiary/aromatic N) is 3. The van der Waals surface area contributed by atoms with Gasteiger partial charge in [0, 0.05) is 48.4 Å². The van der Waals surface area contributed by atoms with Crippen LogP contribution in [0.15, 0.2) is 53.1 Å². The van der Waals surface area contributed by atoms with E-state index in [1.54, 1.807) is 11.3 Å². The van der Waals surface area contributed by atoms with E-state index in [1.165, 1.54) is 0 Å². The van der Waals surface area contributed by atoms with E-state index in [4.69, 9.17) is 19.0 Å². The number of anilines is 2. The maximum atomic E-state index is 5.99. The van der Waals surface area contributed by atoms with Gasteiger partial charge >= 0.3 is 0 Å². The van der Waals surface area contributed by atoms with E-state index in [-0.39, 0.29) is 5.41 Å². The first-order valence-electron chi connectivity index (χ1n) is 11.6. The highest BCUT2D eigenvalue weighted by Crippen LogP contribution is 2.33. The highest BCUT2D eigenvalue weighted by atomic mass is 32.1. The van der Waals surface area contributed by atoms with Crippen molar-refractivity contribution in [2.24, 2.45) is 0 Å². The van der Waals surface area contributed by atoms with Crippen LogP contribution in [0.1, 0.15) is 26.5 Å². The van der Waals surface area contributed by atoms with Crippen molar-refractivity contribution in [3.05, 3.63) is 54.3 Å². The van der Waals surface area contributed by atoms with Gasteiger partial charge in [0.2, 0.25) is 0 Å². The van der Waals surface area contributed by atoms with Crippen molar-refractivity contribution in [2.45, 2.75) is 26.2 Å². The van der Waals surface area contributed by atoms with Gasteiger partial charge in [-0.1, -0.05) is 25.9 Å². The maximum absolute atomic E-state index is 5.99. The predicted molar refractivity (Wildman–Crippen MR) is 136 cm³/mol. The van der Waals surface area contributed by atoms with Crippen LogP contribution < -0.4 is 10.1 Å². The molecule has 2 aromatic carbocycles. The average Bonchev–Trinajstić information content (AvgIpc) is 3.47. The standard InChI is InChI=1S/C26H30N4O3S/c1-26(2,3)23-17-24(29-33-23)27-19-6-4-18(5-7-19)25-28-21-16-20(8-9-22(21)34-25)32-15-12-30-10-13-31-14-11-30/h4-9,16-17H,10-15H2,1-3H3,(H,27,29). The summed E-state index contributed by atoms with van der Waals surface area (Å²) in [6, 6.07) is 16.3. The lowest BCUT2D eigenvalue weighted by Gasteiger charge is -2.26. The molecule has 0 unspecified atom stereocenters. The molecule has 4 aromatic rings. The van der Waals surface area contributed by atoms with Gasteiger partial charge in [0.25, 0.3) is 0 Å². The first-order chi connectivity index (χ1) is 16.4. The smallest absolute Gasteiger partial charge is 0.174 e. The molecule has 7 nitrogen and oxygen atoms in total. The van der Waals surface area contributed by atoms with Gasteiger partial charge in [-0.3, -0.25) is 4.90 Å². The second-order valence-corrected chi connectivity index (χ2v) is 10.5. The molecule has 0 aliphatic carbocycles. The maximum Gasteiger partial charge on any atom is 0.174 e. The van der Waals surface area contributed by atoms with Crippen LogP contribution in [0.2, 0.25) is 0 Å². The van der Waals surface area contributed by atoms with Gasteiger partial charge < -0.3 is 19.3 Å². The summed E-state index contributed by atoms with van der Waals surface area (Å²) >= 11 is 1.68. The van der Waals surface area contributed by atoms with Crippen LogP contribution in [0.3, 0.4) is 0 Å². The van der Waals surface area contributed by atoms with Crippen molar-refractivity contribution < 1.29 is 14.0 Å². The average molecular weight is 479 g/mol. The number of ether oxygens (including phenoxy) is 2. The third kappa shape index (κ3) is 5.41. The quantitative estimate of drug-likeness (QED) is 0.365. The Morgan fingerprint density at radius 2 is 1.85 bits per heavy atom. The number of rotatable bonds is 7. The molecule has 3 heterocycles. The van der Waals surface area contributed by atoms with Crippen molar-refractivity contribution in [3.8, 4) is 16.3 Å². The van der Waals surface area contributed by atoms with Gasteiger partial charge in [-0.15, -0.1) is 11.3 Å². The third-order valence-electron chi connectivity index (χ3n) is 5.79. The largest absolute Gasteiger partial charge is 0.492 e. The topological polar surface area (TPSA) is 72.7 Å². The van der Waals surface area contributed by atoms with Crippen molar-refractivity contribution >= 4 is 33.1 Å². The Morgan fingerprint density at radius 1 is 1.06 bits per heavy atom. The summed E-state index contributed by atoms with van der Waals surface area (Å²) < 4.78 is 18.0. The molecule has 0 saturated carbocycles. The zero-order chi connectivity index (χ0) is 23.5. The molecule has 1 N–H and O–H groups in total. The van der Waals surface area contributed by atoms with Gasteiger partial charge in [0.1, 0.15) is 23.1 Å². The van der Waals surface area contributed by atoms with Crippen LogP contribution in [-0.4, -0.2) is 54.5 Å². The summed E-state index contributed by atoms with van der Waals surface area (Å²) in [5.41, 5.74) is 2.92. The van der Waals surface area contributed by atoms with E-state index in [1.807, 2.05) is 30.3 Å². The number of fused-ring (bicyclic) bond motifs is 1. The van der Waals surface area contributed by atoms with Crippen LogP contribution in [0.25, 0.3) is 20.8 Å². The molecular weight excluding hydrogens is 448 g/mol. The van der Waals surface area contributed by atoms with Gasteiger partial charge in [-0.05, 0) is 36.4 Å². The highest BCUT2D eigenvalue weighted by molar-refractivity contribution is 7.21. The first-order valence-corrected chi connectivity index (χ1v) is 12.4. The minimum Gasteiger partial charge on any atom is -0.492 e. The molecule has 178 valence electrons. The fraction of sp³-hybridized carbons (Fsp3) is 0.385. The molecule has 1 aliphatic heterocycles. The number of morpholine rings is 1. The van der Waals surface area contributed by atoms with Crippen molar-refractivity contribution in [1.82, 2.24) is 15.0 Å². The Hall–Kier alpha value is -2.94. The minimum absolute atomic E-state index is 0.0721. The number of benzene rings is 2. The normalized spacial score (nSPS) is 15.0. The molecule has 1 aliphatic rings. The summed E-state index contributed by atoms with van der Waals surface area (Å²) in [4.78, 5) is 7.22. The Kier molecular flexibility index (Phi) is 6.54. The summed E-state index contributed by atoms with van der Waals surface area (Å²) in [5, 5.41) is 8.42. The summed E-state index contributed by atoms with van der Waals surface area (Å²) in [6.45, 7) is 11.5. The molecule has 0 radical (unpaired) electrons. The first kappa shape index (κ1) is 22.8. The molecule has 2 aromatic heterocycles. The zero-order valence-corrected chi connectivity index (χ0v) is 20.7. The molecule has 8 heteroatoms. The lowest BCUT2D eigenvalue weighted by molar-refractivity contribution is 0.0322. The number of thiazole rings is 1. The number of hydrogen-bond donors (Lipinski definition) is 1. The number of hydrogen-bond acceptors (Lipinski definition) is 8. The van der Waals surface area contributed by atoms with Gasteiger partial charge in [-0.2, -0.15) is 0 Å². The van der Waals surface area contributed by atoms with Crippen molar-refractivity contribution in [1.29, 1.82) is 0 Å². The van der Waals surface area contributed by atoms with Gasteiger partial charge in [-0.25, -0.2) is 4.98 Å². The Bertz CT molecular complexity index is 1240. The second kappa shape index (κ2) is 9.74.